The lowest BCUT2D eigenvalue weighted by Gasteiger charge is -2.24. The van der Waals surface area contributed by atoms with Crippen molar-refractivity contribution in [1.29, 1.82) is 0 Å². The van der Waals surface area contributed by atoms with E-state index < -0.39 is 0 Å². The average molecular weight is 201 g/mol. The van der Waals surface area contributed by atoms with Crippen molar-refractivity contribution in [2.75, 3.05) is 5.73 Å². The number of rotatable bonds is 1. The van der Waals surface area contributed by atoms with Crippen molar-refractivity contribution in [3.8, 4) is 0 Å². The Balaban J connectivity index is 2.29. The molecule has 0 saturated heterocycles. The van der Waals surface area contributed by atoms with Gasteiger partial charge in [-0.05, 0) is 31.9 Å². The Morgan fingerprint density at radius 3 is 2.87 bits per heavy atom. The lowest BCUT2D eigenvalue weighted by molar-refractivity contribution is 0.400. The zero-order valence-corrected chi connectivity index (χ0v) is 8.90. The first-order chi connectivity index (χ1) is 7.27. The number of nitrogens with two attached hydrogens (primary N) is 1. The fourth-order valence-corrected chi connectivity index (χ4v) is 2.28. The predicted molar refractivity (Wildman–Crippen MR) is 60.9 cm³/mol. The van der Waals surface area contributed by atoms with E-state index in [0.717, 1.165) is 22.9 Å². The molecule has 2 heterocycles. The van der Waals surface area contributed by atoms with Crippen LogP contribution >= 0.6 is 0 Å². The Morgan fingerprint density at radius 2 is 2.20 bits per heavy atom. The van der Waals surface area contributed by atoms with Gasteiger partial charge >= 0.3 is 0 Å². The van der Waals surface area contributed by atoms with Gasteiger partial charge in [0.2, 0.25) is 0 Å². The van der Waals surface area contributed by atoms with Crippen molar-refractivity contribution in [1.82, 2.24) is 9.38 Å². The first-order valence-corrected chi connectivity index (χ1v) is 5.51. The Morgan fingerprint density at radius 1 is 1.40 bits per heavy atom. The third-order valence-electron chi connectivity index (χ3n) is 3.37. The smallest absolute Gasteiger partial charge is 0.118 e. The summed E-state index contributed by atoms with van der Waals surface area (Å²) in [5.41, 5.74) is 8.25. The number of nitrogens with zero attached hydrogens (tertiary/aromatic N) is 2. The third kappa shape index (κ3) is 1.16. The highest BCUT2D eigenvalue weighted by Gasteiger charge is 2.25. The first kappa shape index (κ1) is 8.77. The van der Waals surface area contributed by atoms with Crippen LogP contribution < -0.4 is 5.73 Å². The molecule has 0 aromatic carbocycles. The maximum Gasteiger partial charge on any atom is 0.118 e. The van der Waals surface area contributed by atoms with Crippen LogP contribution in [-0.4, -0.2) is 9.38 Å². The zero-order valence-electron chi connectivity index (χ0n) is 8.90. The monoisotopic (exact) mass is 201 g/mol. The van der Waals surface area contributed by atoms with Crippen LogP contribution in [0.5, 0.6) is 0 Å². The summed E-state index contributed by atoms with van der Waals surface area (Å²) in [4.78, 5) is 4.66. The molecule has 1 aliphatic carbocycles. The van der Waals surface area contributed by atoms with E-state index in [1.54, 1.807) is 0 Å². The van der Waals surface area contributed by atoms with E-state index in [-0.39, 0.29) is 0 Å². The van der Waals surface area contributed by atoms with Crippen molar-refractivity contribution in [2.45, 2.75) is 32.1 Å². The average Bonchev–Trinajstić information content (AvgIpc) is 2.43. The predicted octanol–water partition coefficient (Wildman–Crippen LogP) is 2.49. The van der Waals surface area contributed by atoms with Gasteiger partial charge in [-0.15, -0.1) is 0 Å². The molecule has 3 nitrogen and oxygen atoms in total. The number of aryl methyl sites for hydroxylation is 1. The minimum Gasteiger partial charge on any atom is -0.385 e. The summed E-state index contributed by atoms with van der Waals surface area (Å²) in [6, 6.07) is 6.01. The van der Waals surface area contributed by atoms with Crippen LogP contribution in [0.1, 0.15) is 36.7 Å². The number of imidazole rings is 1. The zero-order chi connectivity index (χ0) is 10.4. The van der Waals surface area contributed by atoms with Gasteiger partial charge in [0.05, 0.1) is 11.2 Å². The van der Waals surface area contributed by atoms with E-state index in [1.807, 2.05) is 12.1 Å². The summed E-state index contributed by atoms with van der Waals surface area (Å²) >= 11 is 0. The summed E-state index contributed by atoms with van der Waals surface area (Å²) in [5, 5.41) is 0. The quantitative estimate of drug-likeness (QED) is 0.770. The highest BCUT2D eigenvalue weighted by molar-refractivity contribution is 5.58. The topological polar surface area (TPSA) is 43.3 Å². The van der Waals surface area contributed by atoms with Crippen LogP contribution in [0.15, 0.2) is 18.2 Å². The van der Waals surface area contributed by atoms with E-state index in [2.05, 4.69) is 22.4 Å². The Hall–Kier alpha value is -1.51. The van der Waals surface area contributed by atoms with Crippen LogP contribution in [0, 0.1) is 6.92 Å². The molecular formula is C12H15N3. The van der Waals surface area contributed by atoms with Crippen LogP contribution in [0.4, 0.5) is 5.82 Å². The van der Waals surface area contributed by atoms with Gasteiger partial charge in [-0.25, -0.2) is 4.98 Å². The SMILES string of the molecule is Cc1nc(C2CCC2)n2c(N)cccc12. The molecule has 2 aromatic heterocycles. The van der Waals surface area contributed by atoms with Gasteiger partial charge in [0.1, 0.15) is 11.6 Å². The van der Waals surface area contributed by atoms with Gasteiger partial charge in [-0.3, -0.25) is 4.40 Å². The minimum atomic E-state index is 0.621. The number of hydrogen-bond acceptors (Lipinski definition) is 2. The normalized spacial score (nSPS) is 16.9. The molecule has 0 amide bonds. The fourth-order valence-electron chi connectivity index (χ4n) is 2.28. The Labute approximate surface area is 88.9 Å². The summed E-state index contributed by atoms with van der Waals surface area (Å²) in [5.74, 6) is 2.58. The van der Waals surface area contributed by atoms with Gasteiger partial charge in [0, 0.05) is 5.92 Å². The molecule has 0 unspecified atom stereocenters. The fraction of sp³-hybridized carbons (Fsp3) is 0.417. The molecule has 0 atom stereocenters. The van der Waals surface area contributed by atoms with E-state index in [4.69, 9.17) is 5.73 Å². The maximum absolute atomic E-state index is 6.01. The molecule has 78 valence electrons. The van der Waals surface area contributed by atoms with Crippen LogP contribution in [0.3, 0.4) is 0 Å². The van der Waals surface area contributed by atoms with Gasteiger partial charge in [0.25, 0.3) is 0 Å². The number of fused-ring (bicyclic) bond motifs is 1. The standard InChI is InChI=1S/C12H15N3/c1-8-10-6-3-7-11(13)15(10)12(14-8)9-4-2-5-9/h3,6-7,9H,2,4-5,13H2,1H3. The molecular weight excluding hydrogens is 186 g/mol. The number of hydrogen-bond donors (Lipinski definition) is 1. The molecule has 1 aliphatic rings. The molecule has 0 aliphatic heterocycles. The number of anilines is 1. The summed E-state index contributed by atoms with van der Waals surface area (Å²) in [6.07, 6.45) is 3.84. The van der Waals surface area contributed by atoms with Crippen LogP contribution in [-0.2, 0) is 0 Å². The van der Waals surface area contributed by atoms with Crippen LogP contribution in [0.25, 0.3) is 5.52 Å². The molecule has 2 aromatic rings. The molecule has 15 heavy (non-hydrogen) atoms. The van der Waals surface area contributed by atoms with Gasteiger partial charge in [-0.1, -0.05) is 12.5 Å². The molecule has 0 spiro atoms. The lowest BCUT2D eigenvalue weighted by atomic mass is 9.85. The Bertz CT molecular complexity index is 509. The van der Waals surface area contributed by atoms with Gasteiger partial charge in [0.15, 0.2) is 0 Å². The van der Waals surface area contributed by atoms with Crippen LogP contribution in [0.2, 0.25) is 0 Å². The molecule has 3 heteroatoms. The van der Waals surface area contributed by atoms with Gasteiger partial charge < -0.3 is 5.73 Å². The van der Waals surface area contributed by atoms with Crippen molar-refractivity contribution < 1.29 is 0 Å². The highest BCUT2D eigenvalue weighted by Crippen LogP contribution is 2.37. The second-order valence-corrected chi connectivity index (χ2v) is 4.35. The van der Waals surface area contributed by atoms with E-state index in [1.165, 1.54) is 19.3 Å². The third-order valence-corrected chi connectivity index (χ3v) is 3.37. The van der Waals surface area contributed by atoms with Gasteiger partial charge in [-0.2, -0.15) is 0 Å². The van der Waals surface area contributed by atoms with Crippen molar-refractivity contribution in [2.24, 2.45) is 0 Å². The van der Waals surface area contributed by atoms with E-state index >= 15 is 0 Å². The van der Waals surface area contributed by atoms with E-state index in [0.29, 0.717) is 5.92 Å². The van der Waals surface area contributed by atoms with Crippen molar-refractivity contribution in [3.63, 3.8) is 0 Å². The maximum atomic E-state index is 6.01. The molecule has 0 radical (unpaired) electrons. The Kier molecular flexibility index (Phi) is 1.75. The molecule has 1 fully saturated rings. The summed E-state index contributed by atoms with van der Waals surface area (Å²) in [6.45, 7) is 2.05. The minimum absolute atomic E-state index is 0.621. The van der Waals surface area contributed by atoms with Crippen molar-refractivity contribution in [3.05, 3.63) is 29.7 Å². The molecule has 2 N–H and O–H groups in total. The van der Waals surface area contributed by atoms with E-state index in [9.17, 15) is 0 Å². The highest BCUT2D eigenvalue weighted by atomic mass is 15.1. The molecule has 1 saturated carbocycles. The summed E-state index contributed by atoms with van der Waals surface area (Å²) < 4.78 is 2.11. The number of pyridine rings is 1. The second-order valence-electron chi connectivity index (χ2n) is 4.35. The number of aromatic nitrogens is 2. The number of nitrogen functional groups attached to an aromatic ring is 1. The summed E-state index contributed by atoms with van der Waals surface area (Å²) in [7, 11) is 0. The molecule has 0 bridgehead atoms. The van der Waals surface area contributed by atoms with Crippen molar-refractivity contribution >= 4 is 11.3 Å². The lowest BCUT2D eigenvalue weighted by Crippen LogP contribution is -2.13. The largest absolute Gasteiger partial charge is 0.385 e. The first-order valence-electron chi connectivity index (χ1n) is 5.51. The second kappa shape index (κ2) is 2.99. The molecule has 3 rings (SSSR count).